The van der Waals surface area contributed by atoms with Gasteiger partial charge in [-0.1, -0.05) is 12.1 Å². The van der Waals surface area contributed by atoms with Crippen LogP contribution in [-0.4, -0.2) is 76.6 Å². The SMILES string of the molecule is Cn1c(=O)n(C2CCC(=O)NC2=O)c2cccc(CN3CC4(CCN(CC5CCNCC5)CC4)C3)c21. The van der Waals surface area contributed by atoms with Crippen molar-refractivity contribution in [2.24, 2.45) is 18.4 Å². The van der Waals surface area contributed by atoms with Crippen LogP contribution >= 0.6 is 0 Å². The van der Waals surface area contributed by atoms with E-state index in [2.05, 4.69) is 26.5 Å². The molecule has 9 nitrogen and oxygen atoms in total. The summed E-state index contributed by atoms with van der Waals surface area (Å²) in [7, 11) is 1.78. The third-order valence-corrected chi connectivity index (χ3v) is 9.11. The zero-order valence-corrected chi connectivity index (χ0v) is 21.3. The molecule has 1 aromatic heterocycles. The molecule has 5 heterocycles. The number of imidazole rings is 1. The quantitative estimate of drug-likeness (QED) is 0.608. The van der Waals surface area contributed by atoms with Gasteiger partial charge in [-0.2, -0.15) is 0 Å². The number of imide groups is 1. The molecule has 1 aromatic carbocycles. The minimum Gasteiger partial charge on any atom is -0.317 e. The highest BCUT2D eigenvalue weighted by Crippen LogP contribution is 2.41. The molecule has 4 saturated heterocycles. The Hall–Kier alpha value is -2.49. The molecule has 6 rings (SSSR count). The van der Waals surface area contributed by atoms with Gasteiger partial charge in [0.25, 0.3) is 0 Å². The highest BCUT2D eigenvalue weighted by atomic mass is 16.2. The molecule has 0 bridgehead atoms. The number of hydrogen-bond donors (Lipinski definition) is 2. The number of carbonyl (C=O) groups is 2. The molecule has 4 aliphatic rings. The van der Waals surface area contributed by atoms with E-state index in [4.69, 9.17) is 0 Å². The van der Waals surface area contributed by atoms with Crippen LogP contribution in [0.3, 0.4) is 0 Å². The summed E-state index contributed by atoms with van der Waals surface area (Å²) in [6, 6.07) is 5.36. The number of aromatic nitrogens is 2. The van der Waals surface area contributed by atoms with Crippen molar-refractivity contribution < 1.29 is 9.59 Å². The van der Waals surface area contributed by atoms with Gasteiger partial charge < -0.3 is 10.2 Å². The number of likely N-dealkylation sites (tertiary alicyclic amines) is 2. The summed E-state index contributed by atoms with van der Waals surface area (Å²) in [4.78, 5) is 42.5. The molecule has 36 heavy (non-hydrogen) atoms. The number of nitrogens with zero attached hydrogens (tertiary/aromatic N) is 4. The maximum atomic E-state index is 13.2. The van der Waals surface area contributed by atoms with E-state index in [0.717, 1.165) is 42.1 Å². The summed E-state index contributed by atoms with van der Waals surface area (Å²) in [6.07, 6.45) is 5.80. The number of fused-ring (bicyclic) bond motifs is 1. The zero-order chi connectivity index (χ0) is 24.9. The third-order valence-electron chi connectivity index (χ3n) is 9.11. The van der Waals surface area contributed by atoms with Gasteiger partial charge in [0.1, 0.15) is 6.04 Å². The van der Waals surface area contributed by atoms with Crippen molar-refractivity contribution >= 4 is 22.8 Å². The van der Waals surface area contributed by atoms with Gasteiger partial charge in [0.2, 0.25) is 11.8 Å². The molecule has 2 aromatic rings. The smallest absolute Gasteiger partial charge is 0.317 e. The molecule has 1 atom stereocenters. The van der Waals surface area contributed by atoms with Crippen LogP contribution in [-0.2, 0) is 23.2 Å². The molecule has 0 radical (unpaired) electrons. The van der Waals surface area contributed by atoms with Crippen LogP contribution in [0, 0.1) is 11.3 Å². The summed E-state index contributed by atoms with van der Waals surface area (Å²) in [5.41, 5.74) is 3.04. The van der Waals surface area contributed by atoms with Crippen LogP contribution in [0.1, 0.15) is 50.1 Å². The van der Waals surface area contributed by atoms with Crippen molar-refractivity contribution in [3.05, 3.63) is 34.2 Å². The predicted molar refractivity (Wildman–Crippen MR) is 138 cm³/mol. The van der Waals surface area contributed by atoms with Crippen LogP contribution < -0.4 is 16.3 Å². The van der Waals surface area contributed by atoms with Crippen molar-refractivity contribution in [3.8, 4) is 0 Å². The lowest BCUT2D eigenvalue weighted by molar-refractivity contribution is -0.135. The normalized spacial score (nSPS) is 25.9. The lowest BCUT2D eigenvalue weighted by Gasteiger charge is -2.54. The predicted octanol–water partition coefficient (Wildman–Crippen LogP) is 1.22. The number of aryl methyl sites for hydroxylation is 1. The van der Waals surface area contributed by atoms with Gasteiger partial charge in [-0.15, -0.1) is 0 Å². The molecular formula is C27H38N6O3. The van der Waals surface area contributed by atoms with Crippen molar-refractivity contribution in [2.75, 3.05) is 45.8 Å². The largest absolute Gasteiger partial charge is 0.329 e. The fourth-order valence-electron chi connectivity index (χ4n) is 7.09. The average Bonchev–Trinajstić information content (AvgIpc) is 3.11. The number of carbonyl (C=O) groups excluding carboxylic acids is 2. The Kier molecular flexibility index (Phi) is 6.25. The summed E-state index contributed by atoms with van der Waals surface area (Å²) < 4.78 is 3.25. The van der Waals surface area contributed by atoms with Crippen LogP contribution in [0.4, 0.5) is 0 Å². The Morgan fingerprint density at radius 1 is 1.00 bits per heavy atom. The zero-order valence-electron chi connectivity index (χ0n) is 21.3. The Bertz CT molecular complexity index is 1210. The van der Waals surface area contributed by atoms with Crippen LogP contribution in [0.25, 0.3) is 11.0 Å². The first kappa shape index (κ1) is 23.9. The van der Waals surface area contributed by atoms with Crippen LogP contribution in [0.2, 0.25) is 0 Å². The van der Waals surface area contributed by atoms with Crippen molar-refractivity contribution in [2.45, 2.75) is 51.1 Å². The van der Waals surface area contributed by atoms with Crippen molar-refractivity contribution in [3.63, 3.8) is 0 Å². The number of para-hydroxylation sites is 1. The molecule has 194 valence electrons. The number of piperidine rings is 3. The number of hydrogen-bond acceptors (Lipinski definition) is 6. The molecule has 4 fully saturated rings. The van der Waals surface area contributed by atoms with Crippen LogP contribution in [0.15, 0.2) is 23.0 Å². The lowest BCUT2D eigenvalue weighted by Crippen LogP contribution is -2.60. The first-order valence-corrected chi connectivity index (χ1v) is 13.6. The molecule has 1 spiro atoms. The van der Waals surface area contributed by atoms with Gasteiger partial charge in [0.05, 0.1) is 11.0 Å². The molecule has 2 N–H and O–H groups in total. The minimum atomic E-state index is -0.642. The van der Waals surface area contributed by atoms with Crippen LogP contribution in [0.5, 0.6) is 0 Å². The van der Waals surface area contributed by atoms with Gasteiger partial charge in [-0.25, -0.2) is 4.79 Å². The Balaban J connectivity index is 1.12. The Morgan fingerprint density at radius 3 is 2.47 bits per heavy atom. The molecule has 0 aliphatic carbocycles. The maximum Gasteiger partial charge on any atom is 0.329 e. The van der Waals surface area contributed by atoms with Gasteiger partial charge in [0, 0.05) is 39.6 Å². The Labute approximate surface area is 211 Å². The first-order valence-electron chi connectivity index (χ1n) is 13.6. The standard InChI is InChI=1S/C27H38N6O3/c1-30-24-20(3-2-4-21(24)33(26(30)36)22-5-6-23(34)29-25(22)35)16-32-17-27(18-32)9-13-31(14-10-27)15-19-7-11-28-12-8-19/h2-4,19,22,28H,5-18H2,1H3,(H,29,34,35). The van der Waals surface area contributed by atoms with Gasteiger partial charge in [0.15, 0.2) is 0 Å². The second-order valence-electron chi connectivity index (χ2n) is 11.6. The fourth-order valence-corrected chi connectivity index (χ4v) is 7.09. The lowest BCUT2D eigenvalue weighted by atomic mass is 9.71. The van der Waals surface area contributed by atoms with Crippen molar-refractivity contribution in [1.82, 2.24) is 29.6 Å². The number of rotatable bonds is 5. The molecule has 1 unspecified atom stereocenters. The minimum absolute atomic E-state index is 0.201. The van der Waals surface area contributed by atoms with E-state index >= 15 is 0 Å². The maximum absolute atomic E-state index is 13.2. The first-order chi connectivity index (χ1) is 17.4. The van der Waals surface area contributed by atoms with Gasteiger partial charge >= 0.3 is 5.69 Å². The second kappa shape index (κ2) is 9.43. The summed E-state index contributed by atoms with van der Waals surface area (Å²) in [6.45, 7) is 9.09. The van der Waals surface area contributed by atoms with E-state index in [9.17, 15) is 14.4 Å². The molecule has 0 saturated carbocycles. The van der Waals surface area contributed by atoms with E-state index in [1.165, 1.54) is 58.4 Å². The highest BCUT2D eigenvalue weighted by molar-refractivity contribution is 6.00. The summed E-state index contributed by atoms with van der Waals surface area (Å²) >= 11 is 0. The molecule has 4 aliphatic heterocycles. The van der Waals surface area contributed by atoms with Gasteiger partial charge in [-0.05, 0) is 81.2 Å². The van der Waals surface area contributed by atoms with E-state index < -0.39 is 6.04 Å². The number of nitrogens with one attached hydrogen (secondary N) is 2. The molecular weight excluding hydrogens is 456 g/mol. The second-order valence-corrected chi connectivity index (χ2v) is 11.6. The topological polar surface area (TPSA) is 91.6 Å². The summed E-state index contributed by atoms with van der Waals surface area (Å²) in [5, 5.41) is 5.86. The van der Waals surface area contributed by atoms with Gasteiger partial charge in [-0.3, -0.25) is 28.9 Å². The third kappa shape index (κ3) is 4.31. The van der Waals surface area contributed by atoms with E-state index in [1.807, 2.05) is 12.1 Å². The monoisotopic (exact) mass is 494 g/mol. The number of benzene rings is 1. The summed E-state index contributed by atoms with van der Waals surface area (Å²) in [5.74, 6) is 0.203. The van der Waals surface area contributed by atoms with E-state index in [0.29, 0.717) is 11.8 Å². The molecule has 9 heteroatoms. The van der Waals surface area contributed by atoms with Crippen molar-refractivity contribution in [1.29, 1.82) is 0 Å². The molecule has 2 amide bonds. The number of amides is 2. The Morgan fingerprint density at radius 2 is 1.75 bits per heavy atom. The average molecular weight is 495 g/mol. The highest BCUT2D eigenvalue weighted by Gasteiger charge is 2.45. The fraction of sp³-hybridized carbons (Fsp3) is 0.667. The van der Waals surface area contributed by atoms with E-state index in [1.54, 1.807) is 16.2 Å². The van der Waals surface area contributed by atoms with E-state index in [-0.39, 0.29) is 23.9 Å².